The Labute approximate surface area is 117 Å². The molecule has 3 fully saturated rings. The maximum absolute atomic E-state index is 12.5. The van der Waals surface area contributed by atoms with E-state index in [-0.39, 0.29) is 23.3 Å². The number of aryl methyl sites for hydroxylation is 1. The van der Waals surface area contributed by atoms with Crippen LogP contribution in [0.3, 0.4) is 0 Å². The van der Waals surface area contributed by atoms with Gasteiger partial charge in [-0.3, -0.25) is 4.79 Å². The van der Waals surface area contributed by atoms with E-state index in [1.165, 1.54) is 0 Å². The van der Waals surface area contributed by atoms with Crippen LogP contribution in [0, 0.1) is 18.8 Å². The topological polar surface area (TPSA) is 68.5 Å². The molecule has 2 aliphatic heterocycles. The van der Waals surface area contributed by atoms with Gasteiger partial charge in [0.25, 0.3) is 0 Å². The van der Waals surface area contributed by atoms with Gasteiger partial charge in [-0.15, -0.1) is 10.2 Å². The van der Waals surface area contributed by atoms with Crippen LogP contribution in [0.5, 0.6) is 0 Å². The normalized spacial score (nSPS) is 34.3. The first-order chi connectivity index (χ1) is 9.58. The lowest BCUT2D eigenvalue weighted by atomic mass is 9.81. The van der Waals surface area contributed by atoms with E-state index < -0.39 is 0 Å². The highest BCUT2D eigenvalue weighted by Crippen LogP contribution is 2.50. The van der Waals surface area contributed by atoms with Crippen molar-refractivity contribution < 1.29 is 13.9 Å². The van der Waals surface area contributed by atoms with Crippen molar-refractivity contribution in [2.24, 2.45) is 11.8 Å². The molecule has 0 N–H and O–H groups in total. The van der Waals surface area contributed by atoms with Crippen LogP contribution in [0.4, 0.5) is 0 Å². The number of carbonyl (C=O) groups is 1. The Morgan fingerprint density at radius 1 is 1.40 bits per heavy atom. The van der Waals surface area contributed by atoms with Crippen molar-refractivity contribution in [1.82, 2.24) is 15.1 Å². The first kappa shape index (κ1) is 12.3. The Morgan fingerprint density at radius 3 is 2.80 bits per heavy atom. The highest BCUT2D eigenvalue weighted by atomic mass is 16.5. The zero-order valence-corrected chi connectivity index (χ0v) is 11.8. The van der Waals surface area contributed by atoms with E-state index in [0.29, 0.717) is 30.8 Å². The summed E-state index contributed by atoms with van der Waals surface area (Å²) in [6.45, 7) is 6.00. The molecular formula is C14H19N3O3. The standard InChI is InChI=1S/C14H19N3O3/c1-8-15-16-13(20-8)14(2)6-17(7-14)12(18)10-9-4-3-5-19-11(9)10/h9-11H,3-7H2,1-2H3. The van der Waals surface area contributed by atoms with E-state index in [2.05, 4.69) is 17.1 Å². The van der Waals surface area contributed by atoms with Gasteiger partial charge in [0.15, 0.2) is 0 Å². The van der Waals surface area contributed by atoms with Crippen molar-refractivity contribution in [3.63, 3.8) is 0 Å². The highest BCUT2D eigenvalue weighted by molar-refractivity contribution is 5.84. The molecule has 6 heteroatoms. The Hall–Kier alpha value is -1.43. The number of hydrogen-bond donors (Lipinski definition) is 0. The van der Waals surface area contributed by atoms with Gasteiger partial charge in [0.05, 0.1) is 17.4 Å². The van der Waals surface area contributed by atoms with Gasteiger partial charge >= 0.3 is 0 Å². The van der Waals surface area contributed by atoms with Gasteiger partial charge in [0, 0.05) is 32.5 Å². The Balaban J connectivity index is 1.40. The van der Waals surface area contributed by atoms with Crippen molar-refractivity contribution in [1.29, 1.82) is 0 Å². The summed E-state index contributed by atoms with van der Waals surface area (Å²) in [5.41, 5.74) is -0.183. The van der Waals surface area contributed by atoms with Crippen LogP contribution in [-0.4, -0.2) is 46.8 Å². The molecule has 2 saturated heterocycles. The zero-order valence-electron chi connectivity index (χ0n) is 11.8. The second kappa shape index (κ2) is 4.04. The fourth-order valence-electron chi connectivity index (χ4n) is 3.61. The summed E-state index contributed by atoms with van der Waals surface area (Å²) in [4.78, 5) is 14.4. The lowest BCUT2D eigenvalue weighted by Gasteiger charge is -2.45. The lowest BCUT2D eigenvalue weighted by Crippen LogP contribution is -2.60. The summed E-state index contributed by atoms with van der Waals surface area (Å²) < 4.78 is 11.2. The molecule has 0 radical (unpaired) electrons. The van der Waals surface area contributed by atoms with E-state index in [1.54, 1.807) is 6.92 Å². The average Bonchev–Trinajstić information content (AvgIpc) is 2.98. The van der Waals surface area contributed by atoms with Crippen LogP contribution in [-0.2, 0) is 14.9 Å². The number of likely N-dealkylation sites (tertiary alicyclic amines) is 1. The van der Waals surface area contributed by atoms with Crippen molar-refractivity contribution in [3.05, 3.63) is 11.8 Å². The number of ether oxygens (including phenoxy) is 1. The van der Waals surface area contributed by atoms with Crippen LogP contribution >= 0.6 is 0 Å². The molecule has 3 atom stereocenters. The van der Waals surface area contributed by atoms with Gasteiger partial charge in [-0.1, -0.05) is 0 Å². The molecule has 0 aromatic carbocycles. The predicted octanol–water partition coefficient (Wildman–Crippen LogP) is 0.903. The van der Waals surface area contributed by atoms with Gasteiger partial charge in [-0.25, -0.2) is 0 Å². The first-order valence-electron chi connectivity index (χ1n) is 7.29. The molecule has 3 heterocycles. The van der Waals surface area contributed by atoms with Crippen molar-refractivity contribution in [2.75, 3.05) is 19.7 Å². The quantitative estimate of drug-likeness (QED) is 0.803. The Morgan fingerprint density at radius 2 is 2.20 bits per heavy atom. The molecule has 4 rings (SSSR count). The summed E-state index contributed by atoms with van der Waals surface area (Å²) >= 11 is 0. The number of amides is 1. The van der Waals surface area contributed by atoms with Crippen LogP contribution in [0.25, 0.3) is 0 Å². The minimum absolute atomic E-state index is 0.103. The molecule has 1 aliphatic carbocycles. The molecule has 20 heavy (non-hydrogen) atoms. The van der Waals surface area contributed by atoms with Gasteiger partial charge < -0.3 is 14.1 Å². The van der Waals surface area contributed by atoms with E-state index in [1.807, 2.05) is 4.90 Å². The second-order valence-corrected chi connectivity index (χ2v) is 6.55. The minimum atomic E-state index is -0.183. The smallest absolute Gasteiger partial charge is 0.228 e. The van der Waals surface area contributed by atoms with E-state index in [4.69, 9.17) is 9.15 Å². The van der Waals surface area contributed by atoms with Crippen molar-refractivity contribution in [2.45, 2.75) is 38.2 Å². The number of rotatable bonds is 2. The largest absolute Gasteiger partial charge is 0.425 e. The molecule has 0 bridgehead atoms. The molecule has 1 saturated carbocycles. The molecular weight excluding hydrogens is 258 g/mol. The van der Waals surface area contributed by atoms with Gasteiger partial charge in [-0.05, 0) is 19.8 Å². The molecule has 3 unspecified atom stereocenters. The number of carbonyl (C=O) groups excluding carboxylic acids is 1. The summed E-state index contributed by atoms with van der Waals surface area (Å²) in [5, 5.41) is 7.96. The van der Waals surface area contributed by atoms with Crippen molar-refractivity contribution >= 4 is 5.91 Å². The van der Waals surface area contributed by atoms with E-state index in [9.17, 15) is 4.79 Å². The van der Waals surface area contributed by atoms with Crippen LogP contribution < -0.4 is 0 Å². The van der Waals surface area contributed by atoms with E-state index >= 15 is 0 Å². The maximum atomic E-state index is 12.5. The average molecular weight is 277 g/mol. The number of nitrogens with zero attached hydrogens (tertiary/aromatic N) is 3. The summed E-state index contributed by atoms with van der Waals surface area (Å²) in [6.07, 6.45) is 2.41. The maximum Gasteiger partial charge on any atom is 0.228 e. The Kier molecular flexibility index (Phi) is 2.49. The molecule has 0 spiro atoms. The van der Waals surface area contributed by atoms with Crippen LogP contribution in [0.2, 0.25) is 0 Å². The monoisotopic (exact) mass is 277 g/mol. The molecule has 1 amide bonds. The number of hydrogen-bond acceptors (Lipinski definition) is 5. The third kappa shape index (κ3) is 1.70. The predicted molar refractivity (Wildman–Crippen MR) is 68.9 cm³/mol. The third-order valence-electron chi connectivity index (χ3n) is 4.81. The molecule has 108 valence electrons. The fourth-order valence-corrected chi connectivity index (χ4v) is 3.61. The van der Waals surface area contributed by atoms with Gasteiger partial charge in [0.2, 0.25) is 17.7 Å². The third-order valence-corrected chi connectivity index (χ3v) is 4.81. The Bertz CT molecular complexity index is 538. The van der Waals surface area contributed by atoms with Crippen LogP contribution in [0.15, 0.2) is 4.42 Å². The van der Waals surface area contributed by atoms with Crippen molar-refractivity contribution in [3.8, 4) is 0 Å². The van der Waals surface area contributed by atoms with E-state index in [0.717, 1.165) is 19.4 Å². The molecule has 3 aliphatic rings. The minimum Gasteiger partial charge on any atom is -0.425 e. The SMILES string of the molecule is Cc1nnc(C2(C)CN(C(=O)C3C4CCCOC43)C2)o1. The number of fused-ring (bicyclic) bond motifs is 1. The second-order valence-electron chi connectivity index (χ2n) is 6.55. The zero-order chi connectivity index (χ0) is 13.9. The lowest BCUT2D eigenvalue weighted by molar-refractivity contribution is -0.141. The van der Waals surface area contributed by atoms with Gasteiger partial charge in [0.1, 0.15) is 0 Å². The molecule has 6 nitrogen and oxygen atoms in total. The first-order valence-corrected chi connectivity index (χ1v) is 7.29. The summed E-state index contributed by atoms with van der Waals surface area (Å²) in [6, 6.07) is 0. The van der Waals surface area contributed by atoms with Gasteiger partial charge in [-0.2, -0.15) is 0 Å². The summed E-state index contributed by atoms with van der Waals surface area (Å²) in [7, 11) is 0. The molecule has 1 aromatic rings. The molecule has 1 aromatic heterocycles. The van der Waals surface area contributed by atoms with Crippen LogP contribution in [0.1, 0.15) is 31.5 Å². The fraction of sp³-hybridized carbons (Fsp3) is 0.786. The number of aromatic nitrogens is 2. The highest BCUT2D eigenvalue weighted by Gasteiger charge is 2.60. The summed E-state index contributed by atoms with van der Waals surface area (Å²) in [5.74, 6) is 2.03.